The fourth-order valence-corrected chi connectivity index (χ4v) is 4.13. The molecule has 1 aliphatic heterocycles. The maximum absolute atomic E-state index is 12.4. The van der Waals surface area contributed by atoms with Gasteiger partial charge in [0.1, 0.15) is 0 Å². The molecule has 4 rings (SSSR count). The lowest BCUT2D eigenvalue weighted by Crippen LogP contribution is -2.18. The average molecular weight is 438 g/mol. The Labute approximate surface area is 184 Å². The van der Waals surface area contributed by atoms with Crippen molar-refractivity contribution in [2.24, 2.45) is 0 Å². The standard InChI is InChI=1S/C22H23N5O3S/c1-15(28)16-4-6-18(7-5-16)24-20(29)14-31-22-26-25-21(17-8-10-23-11-9-17)27(22)13-19-3-2-12-30-19/h4-11,19H,2-3,12-14H2,1H3,(H,24,29)/t19-/m1/s1. The van der Waals surface area contributed by atoms with Gasteiger partial charge >= 0.3 is 0 Å². The summed E-state index contributed by atoms with van der Waals surface area (Å²) in [6.45, 7) is 2.92. The summed E-state index contributed by atoms with van der Waals surface area (Å²) in [5.41, 5.74) is 2.18. The molecule has 1 atom stereocenters. The molecule has 1 aliphatic rings. The van der Waals surface area contributed by atoms with E-state index in [9.17, 15) is 9.59 Å². The van der Waals surface area contributed by atoms with Crippen LogP contribution in [-0.4, -0.2) is 49.9 Å². The van der Waals surface area contributed by atoms with Crippen molar-refractivity contribution in [3.8, 4) is 11.4 Å². The molecule has 0 bridgehead atoms. The van der Waals surface area contributed by atoms with Gasteiger partial charge in [-0.15, -0.1) is 10.2 Å². The van der Waals surface area contributed by atoms with E-state index < -0.39 is 0 Å². The molecule has 1 amide bonds. The van der Waals surface area contributed by atoms with E-state index in [1.807, 2.05) is 16.7 Å². The number of Topliss-reactive ketones (excluding diaryl/α,β-unsaturated/α-hetero) is 1. The van der Waals surface area contributed by atoms with Crippen LogP contribution in [0.15, 0.2) is 53.9 Å². The lowest BCUT2D eigenvalue weighted by atomic mass is 10.1. The van der Waals surface area contributed by atoms with Gasteiger partial charge in [-0.05, 0) is 56.2 Å². The largest absolute Gasteiger partial charge is 0.376 e. The van der Waals surface area contributed by atoms with Gasteiger partial charge in [-0.2, -0.15) is 0 Å². The Morgan fingerprint density at radius 1 is 1.16 bits per heavy atom. The minimum Gasteiger partial charge on any atom is -0.376 e. The second-order valence-electron chi connectivity index (χ2n) is 7.26. The number of hydrogen-bond donors (Lipinski definition) is 1. The number of ketones is 1. The van der Waals surface area contributed by atoms with Gasteiger partial charge in [-0.1, -0.05) is 11.8 Å². The number of ether oxygens (including phenoxy) is 1. The van der Waals surface area contributed by atoms with E-state index in [0.717, 1.165) is 30.8 Å². The predicted molar refractivity (Wildman–Crippen MR) is 118 cm³/mol. The highest BCUT2D eigenvalue weighted by Crippen LogP contribution is 2.26. The van der Waals surface area contributed by atoms with Crippen LogP contribution in [0.1, 0.15) is 30.1 Å². The van der Waals surface area contributed by atoms with Gasteiger partial charge in [-0.25, -0.2) is 0 Å². The van der Waals surface area contributed by atoms with Crippen molar-refractivity contribution in [2.45, 2.75) is 37.6 Å². The van der Waals surface area contributed by atoms with Gasteiger partial charge in [0.2, 0.25) is 5.91 Å². The van der Waals surface area contributed by atoms with Crippen molar-refractivity contribution in [1.29, 1.82) is 0 Å². The maximum Gasteiger partial charge on any atom is 0.234 e. The first-order valence-electron chi connectivity index (χ1n) is 10.1. The molecule has 160 valence electrons. The number of benzene rings is 1. The molecule has 1 saturated heterocycles. The highest BCUT2D eigenvalue weighted by atomic mass is 32.2. The third kappa shape index (κ3) is 5.36. The van der Waals surface area contributed by atoms with Crippen LogP contribution >= 0.6 is 11.8 Å². The first kappa shape index (κ1) is 21.2. The first-order valence-corrected chi connectivity index (χ1v) is 11.1. The van der Waals surface area contributed by atoms with E-state index in [1.54, 1.807) is 36.7 Å². The third-order valence-electron chi connectivity index (χ3n) is 4.97. The molecule has 0 saturated carbocycles. The van der Waals surface area contributed by atoms with E-state index in [0.29, 0.717) is 23.0 Å². The lowest BCUT2D eigenvalue weighted by molar-refractivity contribution is -0.113. The SMILES string of the molecule is CC(=O)c1ccc(NC(=O)CSc2nnc(-c3ccncc3)n2C[C@H]2CCCO2)cc1. The highest BCUT2D eigenvalue weighted by molar-refractivity contribution is 7.99. The molecule has 3 heterocycles. The van der Waals surface area contributed by atoms with Gasteiger partial charge in [0.15, 0.2) is 16.8 Å². The van der Waals surface area contributed by atoms with Crippen LogP contribution in [0.25, 0.3) is 11.4 Å². The summed E-state index contributed by atoms with van der Waals surface area (Å²) in [7, 11) is 0. The summed E-state index contributed by atoms with van der Waals surface area (Å²) in [5, 5.41) is 12.2. The Morgan fingerprint density at radius 2 is 1.94 bits per heavy atom. The zero-order valence-electron chi connectivity index (χ0n) is 17.2. The van der Waals surface area contributed by atoms with E-state index in [4.69, 9.17) is 4.74 Å². The average Bonchev–Trinajstić information content (AvgIpc) is 3.44. The molecule has 2 aromatic heterocycles. The number of amides is 1. The van der Waals surface area contributed by atoms with Gasteiger partial charge in [0.05, 0.1) is 18.4 Å². The molecule has 1 aromatic carbocycles. The fraction of sp³-hybridized carbons (Fsp3) is 0.318. The summed E-state index contributed by atoms with van der Waals surface area (Å²) in [6.07, 6.45) is 5.60. The number of carbonyl (C=O) groups is 2. The molecule has 0 unspecified atom stereocenters. The minimum absolute atomic E-state index is 0.0102. The van der Waals surface area contributed by atoms with Crippen LogP contribution in [0.5, 0.6) is 0 Å². The van der Waals surface area contributed by atoms with Crippen LogP contribution in [0.2, 0.25) is 0 Å². The second kappa shape index (κ2) is 9.84. The molecule has 3 aromatic rings. The van der Waals surface area contributed by atoms with Gasteiger partial charge in [0.25, 0.3) is 0 Å². The molecular formula is C22H23N5O3S. The minimum atomic E-state index is -0.155. The molecule has 1 fully saturated rings. The van der Waals surface area contributed by atoms with Gasteiger partial charge in [-0.3, -0.25) is 19.1 Å². The van der Waals surface area contributed by atoms with Crippen molar-refractivity contribution in [2.75, 3.05) is 17.7 Å². The molecule has 0 radical (unpaired) electrons. The smallest absolute Gasteiger partial charge is 0.234 e. The number of pyridine rings is 1. The Morgan fingerprint density at radius 3 is 2.61 bits per heavy atom. The van der Waals surface area contributed by atoms with Gasteiger partial charge in [0, 0.05) is 35.8 Å². The van der Waals surface area contributed by atoms with E-state index in [-0.39, 0.29) is 23.5 Å². The number of carbonyl (C=O) groups excluding carboxylic acids is 2. The second-order valence-corrected chi connectivity index (χ2v) is 8.20. The zero-order chi connectivity index (χ0) is 21.6. The van der Waals surface area contributed by atoms with Gasteiger partial charge < -0.3 is 10.1 Å². The summed E-state index contributed by atoms with van der Waals surface area (Å²) in [4.78, 5) is 27.9. The monoisotopic (exact) mass is 437 g/mol. The summed E-state index contributed by atoms with van der Waals surface area (Å²) < 4.78 is 7.82. The molecule has 31 heavy (non-hydrogen) atoms. The third-order valence-corrected chi connectivity index (χ3v) is 5.94. The quantitative estimate of drug-likeness (QED) is 0.426. The van der Waals surface area contributed by atoms with Crippen LogP contribution in [-0.2, 0) is 16.1 Å². The molecule has 1 N–H and O–H groups in total. The van der Waals surface area contributed by atoms with Crippen molar-refractivity contribution >= 4 is 29.1 Å². The Hall–Kier alpha value is -3.04. The number of nitrogens with zero attached hydrogens (tertiary/aromatic N) is 4. The highest BCUT2D eigenvalue weighted by Gasteiger charge is 2.22. The fourth-order valence-electron chi connectivity index (χ4n) is 3.38. The van der Waals surface area contributed by atoms with Crippen molar-refractivity contribution in [3.05, 3.63) is 54.4 Å². The zero-order valence-corrected chi connectivity index (χ0v) is 18.0. The number of anilines is 1. The van der Waals surface area contributed by atoms with Crippen LogP contribution in [0, 0.1) is 0 Å². The van der Waals surface area contributed by atoms with Crippen LogP contribution in [0.3, 0.4) is 0 Å². The van der Waals surface area contributed by atoms with Crippen molar-refractivity contribution in [1.82, 2.24) is 19.7 Å². The first-order chi connectivity index (χ1) is 15.1. The number of rotatable bonds is 8. The number of hydrogen-bond acceptors (Lipinski definition) is 7. The maximum atomic E-state index is 12.4. The summed E-state index contributed by atoms with van der Waals surface area (Å²) >= 11 is 1.33. The molecule has 0 spiro atoms. The summed E-state index contributed by atoms with van der Waals surface area (Å²) in [5.74, 6) is 0.761. The lowest BCUT2D eigenvalue weighted by Gasteiger charge is -2.14. The van der Waals surface area contributed by atoms with Crippen molar-refractivity contribution < 1.29 is 14.3 Å². The Kier molecular flexibility index (Phi) is 6.73. The Bertz CT molecular complexity index is 1050. The van der Waals surface area contributed by atoms with E-state index in [1.165, 1.54) is 18.7 Å². The summed E-state index contributed by atoms with van der Waals surface area (Å²) in [6, 6.07) is 10.6. The number of aromatic nitrogens is 4. The molecule has 0 aliphatic carbocycles. The van der Waals surface area contributed by atoms with Crippen molar-refractivity contribution in [3.63, 3.8) is 0 Å². The van der Waals surface area contributed by atoms with Crippen LogP contribution in [0.4, 0.5) is 5.69 Å². The van der Waals surface area contributed by atoms with E-state index >= 15 is 0 Å². The molecule has 8 nitrogen and oxygen atoms in total. The van der Waals surface area contributed by atoms with Crippen LogP contribution < -0.4 is 5.32 Å². The Balaban J connectivity index is 1.45. The molecular weight excluding hydrogens is 414 g/mol. The number of thioether (sulfide) groups is 1. The predicted octanol–water partition coefficient (Wildman–Crippen LogP) is 3.45. The van der Waals surface area contributed by atoms with E-state index in [2.05, 4.69) is 20.5 Å². The number of nitrogens with one attached hydrogen (secondary N) is 1. The normalized spacial score (nSPS) is 15.7. The molecule has 9 heteroatoms. The topological polar surface area (TPSA) is 99.0 Å².